The second kappa shape index (κ2) is 5.51. The second-order valence-electron chi connectivity index (χ2n) is 6.14. The van der Waals surface area contributed by atoms with Crippen molar-refractivity contribution in [3.05, 3.63) is 42.2 Å². The van der Waals surface area contributed by atoms with Gasteiger partial charge in [-0.15, -0.1) is 0 Å². The molecule has 0 amide bonds. The summed E-state index contributed by atoms with van der Waals surface area (Å²) in [6.07, 6.45) is 1.70. The number of aromatic nitrogens is 5. The Morgan fingerprint density at radius 3 is 2.92 bits per heavy atom. The van der Waals surface area contributed by atoms with Gasteiger partial charge in [0.15, 0.2) is 5.82 Å². The van der Waals surface area contributed by atoms with Gasteiger partial charge in [0.1, 0.15) is 12.1 Å². The molecule has 0 aliphatic carbocycles. The molecule has 0 aliphatic heterocycles. The highest BCUT2D eigenvalue weighted by atomic mass is 19.3. The minimum atomic E-state index is -2.82. The molecule has 0 spiro atoms. The van der Waals surface area contributed by atoms with Gasteiger partial charge in [-0.05, 0) is 37.3 Å². The first-order chi connectivity index (χ1) is 11.9. The summed E-state index contributed by atoms with van der Waals surface area (Å²) in [6.45, 7) is 2.25. The van der Waals surface area contributed by atoms with Crippen LogP contribution in [0.15, 0.2) is 36.5 Å². The van der Waals surface area contributed by atoms with Gasteiger partial charge in [-0.1, -0.05) is 0 Å². The lowest BCUT2D eigenvalue weighted by atomic mass is 10.2. The summed E-state index contributed by atoms with van der Waals surface area (Å²) in [7, 11) is 0. The predicted molar refractivity (Wildman–Crippen MR) is 92.3 cm³/mol. The minimum Gasteiger partial charge on any atom is -0.337 e. The number of hydrogen-bond donors (Lipinski definition) is 2. The van der Waals surface area contributed by atoms with Crippen molar-refractivity contribution in [2.24, 2.45) is 0 Å². The van der Waals surface area contributed by atoms with Gasteiger partial charge in [-0.3, -0.25) is 14.8 Å². The maximum atomic E-state index is 13.3. The van der Waals surface area contributed by atoms with Crippen LogP contribution in [0.3, 0.4) is 0 Å². The average Bonchev–Trinajstić information content (AvgIpc) is 3.08. The molecular formula is C17H16F2N6. The van der Waals surface area contributed by atoms with Crippen molar-refractivity contribution in [2.75, 3.05) is 5.32 Å². The van der Waals surface area contributed by atoms with E-state index < -0.39 is 12.5 Å². The molecule has 0 fully saturated rings. The lowest BCUT2D eigenvalue weighted by Gasteiger charge is -2.11. The summed E-state index contributed by atoms with van der Waals surface area (Å²) in [5, 5.41) is 15.4. The molecule has 1 aromatic carbocycles. The average molecular weight is 342 g/mol. The van der Waals surface area contributed by atoms with Gasteiger partial charge in [-0.2, -0.15) is 10.2 Å². The monoisotopic (exact) mass is 342 g/mol. The lowest BCUT2D eigenvalue weighted by molar-refractivity contribution is 0.00176. The molecule has 0 saturated heterocycles. The minimum absolute atomic E-state index is 0.446. The van der Waals surface area contributed by atoms with Crippen LogP contribution in [0.25, 0.3) is 21.9 Å². The van der Waals surface area contributed by atoms with E-state index in [0.29, 0.717) is 17.0 Å². The Balaban J connectivity index is 1.71. The third-order valence-corrected chi connectivity index (χ3v) is 3.95. The first kappa shape index (κ1) is 15.5. The number of hydrogen-bond acceptors (Lipinski definition) is 4. The summed E-state index contributed by atoms with van der Waals surface area (Å²) in [4.78, 5) is 4.31. The second-order valence-corrected chi connectivity index (χ2v) is 6.14. The highest BCUT2D eigenvalue weighted by molar-refractivity contribution is 5.90. The molecule has 8 heteroatoms. The molecule has 0 bridgehead atoms. The highest BCUT2D eigenvalue weighted by Gasteiger charge is 2.24. The van der Waals surface area contributed by atoms with Gasteiger partial charge >= 0.3 is 0 Å². The van der Waals surface area contributed by atoms with Crippen LogP contribution in [0.1, 0.15) is 12.6 Å². The van der Waals surface area contributed by atoms with Crippen molar-refractivity contribution >= 4 is 33.4 Å². The van der Waals surface area contributed by atoms with E-state index in [1.165, 1.54) is 4.68 Å². The van der Waals surface area contributed by atoms with Crippen molar-refractivity contribution in [3.63, 3.8) is 0 Å². The van der Waals surface area contributed by atoms with Gasteiger partial charge in [0.05, 0.1) is 16.7 Å². The number of alkyl halides is 2. The van der Waals surface area contributed by atoms with Gasteiger partial charge < -0.3 is 5.32 Å². The van der Waals surface area contributed by atoms with E-state index in [4.69, 9.17) is 0 Å². The Labute approximate surface area is 141 Å². The number of benzene rings is 1. The maximum absolute atomic E-state index is 13.3. The molecule has 2 N–H and O–H groups in total. The van der Waals surface area contributed by atoms with Gasteiger partial charge in [0, 0.05) is 24.2 Å². The highest BCUT2D eigenvalue weighted by Crippen LogP contribution is 2.27. The van der Waals surface area contributed by atoms with Crippen molar-refractivity contribution in [2.45, 2.75) is 26.3 Å². The fourth-order valence-corrected chi connectivity index (χ4v) is 2.88. The SMILES string of the molecule is Cc1nn(CC(C)(F)F)c2ccc(Nc3n[nH]c4cccnc34)cc12. The van der Waals surface area contributed by atoms with Gasteiger partial charge in [-0.25, -0.2) is 8.78 Å². The van der Waals surface area contributed by atoms with Gasteiger partial charge in [0.2, 0.25) is 0 Å². The third-order valence-electron chi connectivity index (χ3n) is 3.95. The predicted octanol–water partition coefficient (Wildman–Crippen LogP) is 4.01. The summed E-state index contributed by atoms with van der Waals surface area (Å²) < 4.78 is 28.0. The van der Waals surface area contributed by atoms with Crippen LogP contribution in [0.5, 0.6) is 0 Å². The number of H-pyrrole nitrogens is 1. The molecule has 4 aromatic rings. The Morgan fingerprint density at radius 2 is 2.12 bits per heavy atom. The van der Waals surface area contributed by atoms with Crippen LogP contribution in [-0.4, -0.2) is 30.9 Å². The standard InChI is InChI=1S/C17H16F2N6/c1-10-12-8-11(5-6-14(12)25(24-10)9-17(2,18)19)21-16-15-13(22-23-16)4-3-7-20-15/h3-8H,9H2,1-2H3,(H2,21,22,23). The topological polar surface area (TPSA) is 71.4 Å². The Morgan fingerprint density at radius 1 is 1.28 bits per heavy atom. The lowest BCUT2D eigenvalue weighted by Crippen LogP contribution is -2.20. The number of aryl methyl sites for hydroxylation is 1. The molecule has 4 rings (SSSR count). The van der Waals surface area contributed by atoms with Crippen LogP contribution < -0.4 is 5.32 Å². The first-order valence-electron chi connectivity index (χ1n) is 7.82. The van der Waals surface area contributed by atoms with Crippen LogP contribution in [-0.2, 0) is 6.54 Å². The van der Waals surface area contributed by atoms with Crippen LogP contribution in [0.4, 0.5) is 20.3 Å². The Kier molecular flexibility index (Phi) is 3.41. The zero-order valence-electron chi connectivity index (χ0n) is 13.7. The number of rotatable bonds is 4. The number of aromatic amines is 1. The molecule has 0 saturated carbocycles. The third kappa shape index (κ3) is 2.90. The normalized spacial score (nSPS) is 12.2. The van der Waals surface area contributed by atoms with Gasteiger partial charge in [0.25, 0.3) is 5.92 Å². The van der Waals surface area contributed by atoms with E-state index in [1.54, 1.807) is 12.3 Å². The molecule has 0 aliphatic rings. The fourth-order valence-electron chi connectivity index (χ4n) is 2.88. The van der Waals surface area contributed by atoms with Crippen LogP contribution >= 0.6 is 0 Å². The fraction of sp³-hybridized carbons (Fsp3) is 0.235. The van der Waals surface area contributed by atoms with Crippen LogP contribution in [0, 0.1) is 6.92 Å². The smallest absolute Gasteiger partial charge is 0.264 e. The zero-order chi connectivity index (χ0) is 17.6. The molecule has 0 radical (unpaired) electrons. The molecule has 0 unspecified atom stereocenters. The molecule has 0 atom stereocenters. The molecule has 128 valence electrons. The van der Waals surface area contributed by atoms with Crippen molar-refractivity contribution in [1.82, 2.24) is 25.0 Å². The van der Waals surface area contributed by atoms with Crippen molar-refractivity contribution in [1.29, 1.82) is 0 Å². The number of anilines is 2. The quantitative estimate of drug-likeness (QED) is 0.588. The Bertz CT molecular complexity index is 1060. The number of nitrogens with one attached hydrogen (secondary N) is 2. The molecule has 25 heavy (non-hydrogen) atoms. The van der Waals surface area contributed by atoms with E-state index >= 15 is 0 Å². The number of pyridine rings is 1. The number of nitrogens with zero attached hydrogens (tertiary/aromatic N) is 4. The Hall–Kier alpha value is -3.03. The largest absolute Gasteiger partial charge is 0.337 e. The molecule has 3 aromatic heterocycles. The van der Waals surface area contributed by atoms with E-state index in [2.05, 4.69) is 25.6 Å². The van der Waals surface area contributed by atoms with E-state index in [0.717, 1.165) is 29.0 Å². The first-order valence-corrected chi connectivity index (χ1v) is 7.82. The summed E-state index contributed by atoms with van der Waals surface area (Å²) in [5.74, 6) is -2.21. The number of halogens is 2. The summed E-state index contributed by atoms with van der Waals surface area (Å²) in [5.41, 5.74) is 3.74. The number of fused-ring (bicyclic) bond motifs is 2. The van der Waals surface area contributed by atoms with Crippen molar-refractivity contribution in [3.8, 4) is 0 Å². The molecular weight excluding hydrogens is 326 g/mol. The van der Waals surface area contributed by atoms with E-state index in [9.17, 15) is 8.78 Å². The zero-order valence-corrected chi connectivity index (χ0v) is 13.7. The maximum Gasteiger partial charge on any atom is 0.264 e. The summed E-state index contributed by atoms with van der Waals surface area (Å²) >= 11 is 0. The molecule has 6 nitrogen and oxygen atoms in total. The summed E-state index contributed by atoms with van der Waals surface area (Å²) in [6, 6.07) is 9.20. The van der Waals surface area contributed by atoms with Crippen LogP contribution in [0.2, 0.25) is 0 Å². The van der Waals surface area contributed by atoms with E-state index in [1.807, 2.05) is 31.2 Å². The van der Waals surface area contributed by atoms with E-state index in [-0.39, 0.29) is 0 Å². The van der Waals surface area contributed by atoms with Crippen molar-refractivity contribution < 1.29 is 8.78 Å². The molecule has 3 heterocycles.